The molecule has 1 saturated heterocycles. The fourth-order valence-electron chi connectivity index (χ4n) is 1.82. The summed E-state index contributed by atoms with van der Waals surface area (Å²) in [5, 5.41) is 0. The molecule has 3 heteroatoms. The van der Waals surface area contributed by atoms with Gasteiger partial charge < -0.3 is 9.80 Å². The minimum absolute atomic E-state index is 0.220. The lowest BCUT2D eigenvalue weighted by Crippen LogP contribution is -2.38. The average molecular weight is 196 g/mol. The van der Waals surface area contributed by atoms with E-state index in [1.165, 1.54) is 0 Å². The molecule has 1 heterocycles. The summed E-state index contributed by atoms with van der Waals surface area (Å²) in [6.45, 7) is 11.1. The highest BCUT2D eigenvalue weighted by Crippen LogP contribution is 2.18. The third-order valence-electron chi connectivity index (χ3n) is 2.78. The first kappa shape index (κ1) is 11.1. The van der Waals surface area contributed by atoms with E-state index >= 15 is 0 Å². The van der Waals surface area contributed by atoms with Crippen molar-refractivity contribution in [2.45, 2.75) is 26.7 Å². The molecule has 0 saturated carbocycles. The summed E-state index contributed by atoms with van der Waals surface area (Å²) in [5.74, 6) is 0.220. The summed E-state index contributed by atoms with van der Waals surface area (Å²) in [6, 6.07) is 0. The SMILES string of the molecule is C=C1CCCN1CC(=O)N(CC)CC. The Labute approximate surface area is 86.4 Å². The van der Waals surface area contributed by atoms with Gasteiger partial charge in [-0.3, -0.25) is 4.79 Å². The van der Waals surface area contributed by atoms with Gasteiger partial charge in [-0.25, -0.2) is 0 Å². The second-order valence-electron chi connectivity index (χ2n) is 3.66. The van der Waals surface area contributed by atoms with Crippen LogP contribution in [0.1, 0.15) is 26.7 Å². The highest BCUT2D eigenvalue weighted by atomic mass is 16.2. The maximum Gasteiger partial charge on any atom is 0.242 e. The van der Waals surface area contributed by atoms with E-state index < -0.39 is 0 Å². The summed E-state index contributed by atoms with van der Waals surface area (Å²) in [6.07, 6.45) is 2.19. The van der Waals surface area contributed by atoms with Gasteiger partial charge in [-0.2, -0.15) is 0 Å². The first-order chi connectivity index (χ1) is 6.69. The molecule has 0 radical (unpaired) electrons. The number of amides is 1. The van der Waals surface area contributed by atoms with E-state index in [1.807, 2.05) is 18.7 Å². The van der Waals surface area contributed by atoms with Crippen molar-refractivity contribution in [3.05, 3.63) is 12.3 Å². The third kappa shape index (κ3) is 2.50. The minimum Gasteiger partial charge on any atom is -0.366 e. The zero-order chi connectivity index (χ0) is 10.6. The summed E-state index contributed by atoms with van der Waals surface area (Å²) < 4.78 is 0. The largest absolute Gasteiger partial charge is 0.366 e. The number of allylic oxidation sites excluding steroid dienone is 1. The van der Waals surface area contributed by atoms with Gasteiger partial charge in [0, 0.05) is 25.3 Å². The van der Waals surface area contributed by atoms with E-state index in [-0.39, 0.29) is 5.91 Å². The van der Waals surface area contributed by atoms with Crippen molar-refractivity contribution in [3.63, 3.8) is 0 Å². The van der Waals surface area contributed by atoms with Crippen molar-refractivity contribution in [2.75, 3.05) is 26.2 Å². The van der Waals surface area contributed by atoms with Crippen molar-refractivity contribution in [3.8, 4) is 0 Å². The molecule has 80 valence electrons. The molecule has 0 atom stereocenters. The fraction of sp³-hybridized carbons (Fsp3) is 0.727. The number of carbonyl (C=O) groups excluding carboxylic acids is 1. The summed E-state index contributed by atoms with van der Waals surface area (Å²) in [5.41, 5.74) is 1.12. The van der Waals surface area contributed by atoms with Crippen LogP contribution in [0.2, 0.25) is 0 Å². The Morgan fingerprint density at radius 2 is 2.14 bits per heavy atom. The number of likely N-dealkylation sites (tertiary alicyclic amines) is 1. The van der Waals surface area contributed by atoms with Crippen LogP contribution in [-0.2, 0) is 4.79 Å². The lowest BCUT2D eigenvalue weighted by Gasteiger charge is -2.24. The van der Waals surface area contributed by atoms with E-state index in [1.54, 1.807) is 0 Å². The number of carbonyl (C=O) groups is 1. The predicted octanol–water partition coefficient (Wildman–Crippen LogP) is 1.46. The molecule has 0 aromatic carbocycles. The number of rotatable bonds is 4. The Morgan fingerprint density at radius 3 is 2.57 bits per heavy atom. The van der Waals surface area contributed by atoms with Gasteiger partial charge in [0.25, 0.3) is 0 Å². The molecule has 0 aliphatic carbocycles. The normalized spacial score (nSPS) is 16.1. The molecule has 14 heavy (non-hydrogen) atoms. The first-order valence-corrected chi connectivity index (χ1v) is 5.39. The smallest absolute Gasteiger partial charge is 0.242 e. The van der Waals surface area contributed by atoms with E-state index in [2.05, 4.69) is 11.5 Å². The Kier molecular flexibility index (Phi) is 3.98. The van der Waals surface area contributed by atoms with Crippen molar-refractivity contribution in [2.24, 2.45) is 0 Å². The van der Waals surface area contributed by atoms with Crippen LogP contribution in [0.4, 0.5) is 0 Å². The average Bonchev–Trinajstić information content (AvgIpc) is 2.54. The van der Waals surface area contributed by atoms with Gasteiger partial charge in [-0.15, -0.1) is 0 Å². The quantitative estimate of drug-likeness (QED) is 0.679. The zero-order valence-electron chi connectivity index (χ0n) is 9.25. The summed E-state index contributed by atoms with van der Waals surface area (Å²) in [7, 11) is 0. The lowest BCUT2D eigenvalue weighted by molar-refractivity contribution is -0.131. The molecule has 1 rings (SSSR count). The highest BCUT2D eigenvalue weighted by molar-refractivity contribution is 5.78. The van der Waals surface area contributed by atoms with Crippen LogP contribution >= 0.6 is 0 Å². The molecule has 0 spiro atoms. The van der Waals surface area contributed by atoms with Gasteiger partial charge in [0.1, 0.15) is 0 Å². The lowest BCUT2D eigenvalue weighted by atomic mass is 10.3. The molecule has 1 aliphatic heterocycles. The van der Waals surface area contributed by atoms with Crippen LogP contribution in [0.3, 0.4) is 0 Å². The first-order valence-electron chi connectivity index (χ1n) is 5.39. The molecule has 0 aromatic rings. The Morgan fingerprint density at radius 1 is 1.50 bits per heavy atom. The number of likely N-dealkylation sites (N-methyl/N-ethyl adjacent to an activating group) is 1. The van der Waals surface area contributed by atoms with Gasteiger partial charge in [0.2, 0.25) is 5.91 Å². The van der Waals surface area contributed by atoms with E-state index in [0.717, 1.165) is 38.2 Å². The second kappa shape index (κ2) is 5.03. The molecule has 1 amide bonds. The Balaban J connectivity index is 2.43. The topological polar surface area (TPSA) is 23.6 Å². The van der Waals surface area contributed by atoms with E-state index in [0.29, 0.717) is 6.54 Å². The Hall–Kier alpha value is -0.990. The van der Waals surface area contributed by atoms with Crippen LogP contribution < -0.4 is 0 Å². The number of hydrogen-bond acceptors (Lipinski definition) is 2. The van der Waals surface area contributed by atoms with Crippen molar-refractivity contribution in [1.29, 1.82) is 0 Å². The summed E-state index contributed by atoms with van der Waals surface area (Å²) in [4.78, 5) is 15.7. The molecular weight excluding hydrogens is 176 g/mol. The van der Waals surface area contributed by atoms with E-state index in [9.17, 15) is 4.79 Å². The van der Waals surface area contributed by atoms with Crippen LogP contribution in [0.25, 0.3) is 0 Å². The van der Waals surface area contributed by atoms with Gasteiger partial charge in [-0.05, 0) is 26.7 Å². The zero-order valence-corrected chi connectivity index (χ0v) is 9.25. The molecule has 1 aliphatic rings. The number of nitrogens with zero attached hydrogens (tertiary/aromatic N) is 2. The monoisotopic (exact) mass is 196 g/mol. The van der Waals surface area contributed by atoms with E-state index in [4.69, 9.17) is 0 Å². The maximum atomic E-state index is 11.8. The van der Waals surface area contributed by atoms with Crippen LogP contribution in [-0.4, -0.2) is 41.9 Å². The minimum atomic E-state index is 0.220. The number of hydrogen-bond donors (Lipinski definition) is 0. The molecular formula is C11H20N2O. The molecule has 0 N–H and O–H groups in total. The highest BCUT2D eigenvalue weighted by Gasteiger charge is 2.19. The van der Waals surface area contributed by atoms with Crippen molar-refractivity contribution in [1.82, 2.24) is 9.80 Å². The van der Waals surface area contributed by atoms with Gasteiger partial charge >= 0.3 is 0 Å². The fourth-order valence-corrected chi connectivity index (χ4v) is 1.82. The van der Waals surface area contributed by atoms with Crippen LogP contribution in [0.5, 0.6) is 0 Å². The van der Waals surface area contributed by atoms with Crippen molar-refractivity contribution < 1.29 is 4.79 Å². The second-order valence-corrected chi connectivity index (χ2v) is 3.66. The molecule has 0 unspecified atom stereocenters. The Bertz CT molecular complexity index is 221. The maximum absolute atomic E-state index is 11.8. The third-order valence-corrected chi connectivity index (χ3v) is 2.78. The van der Waals surface area contributed by atoms with Crippen molar-refractivity contribution >= 4 is 5.91 Å². The molecule has 1 fully saturated rings. The van der Waals surface area contributed by atoms with Crippen LogP contribution in [0, 0.1) is 0 Å². The standard InChI is InChI=1S/C11H20N2O/c1-4-12(5-2)11(14)9-13-8-6-7-10(13)3/h3-9H2,1-2H3. The van der Waals surface area contributed by atoms with Gasteiger partial charge in [-0.1, -0.05) is 6.58 Å². The molecule has 0 bridgehead atoms. The molecule has 3 nitrogen and oxygen atoms in total. The predicted molar refractivity (Wildman–Crippen MR) is 57.9 cm³/mol. The molecule has 0 aromatic heterocycles. The summed E-state index contributed by atoms with van der Waals surface area (Å²) >= 11 is 0. The van der Waals surface area contributed by atoms with Gasteiger partial charge in [0.15, 0.2) is 0 Å². The van der Waals surface area contributed by atoms with Gasteiger partial charge in [0.05, 0.1) is 6.54 Å². The van der Waals surface area contributed by atoms with Crippen LogP contribution in [0.15, 0.2) is 12.3 Å².